The predicted octanol–water partition coefficient (Wildman–Crippen LogP) is 3.15. The molecule has 0 saturated heterocycles. The molecular weight excluding hydrogens is 258 g/mol. The lowest BCUT2D eigenvalue weighted by Gasteiger charge is -2.13. The Morgan fingerprint density at radius 1 is 1.42 bits per heavy atom. The zero-order valence-electron chi connectivity index (χ0n) is 12.2. The highest BCUT2D eigenvalue weighted by atomic mass is 32.2. The summed E-state index contributed by atoms with van der Waals surface area (Å²) in [5.74, 6) is 0.210. The van der Waals surface area contributed by atoms with Crippen LogP contribution in [0.5, 0.6) is 0 Å². The van der Waals surface area contributed by atoms with Crippen molar-refractivity contribution in [2.24, 2.45) is 0 Å². The van der Waals surface area contributed by atoms with Crippen molar-refractivity contribution >= 4 is 17.7 Å². The summed E-state index contributed by atoms with van der Waals surface area (Å²) >= 11 is 1.54. The van der Waals surface area contributed by atoms with Crippen LogP contribution in [0.2, 0.25) is 0 Å². The van der Waals surface area contributed by atoms with Gasteiger partial charge in [-0.2, -0.15) is 0 Å². The first-order valence-corrected chi connectivity index (χ1v) is 7.62. The van der Waals surface area contributed by atoms with Gasteiger partial charge in [0.05, 0.1) is 12.4 Å². The van der Waals surface area contributed by atoms with Crippen LogP contribution < -0.4 is 5.32 Å². The molecule has 3 nitrogen and oxygen atoms in total. The van der Waals surface area contributed by atoms with E-state index in [1.54, 1.807) is 11.8 Å². The van der Waals surface area contributed by atoms with E-state index in [1.807, 2.05) is 6.92 Å². The summed E-state index contributed by atoms with van der Waals surface area (Å²) in [7, 11) is 0. The molecule has 0 spiro atoms. The number of benzene rings is 1. The van der Waals surface area contributed by atoms with Gasteiger partial charge in [0.25, 0.3) is 0 Å². The average Bonchev–Trinajstić information content (AvgIpc) is 2.35. The number of rotatable bonds is 7. The lowest BCUT2D eigenvalue weighted by Crippen LogP contribution is -2.22. The Morgan fingerprint density at radius 2 is 2.16 bits per heavy atom. The molecule has 1 rings (SSSR count). The average molecular weight is 281 g/mol. The number of hydrogen-bond acceptors (Lipinski definition) is 4. The maximum absolute atomic E-state index is 11.4. The van der Waals surface area contributed by atoms with Crippen molar-refractivity contribution in [1.29, 1.82) is 0 Å². The second-order valence-electron chi connectivity index (χ2n) is 4.74. The minimum atomic E-state index is -0.157. The zero-order valence-corrected chi connectivity index (χ0v) is 13.0. The van der Waals surface area contributed by atoms with Crippen LogP contribution in [0.1, 0.15) is 31.9 Å². The van der Waals surface area contributed by atoms with Crippen molar-refractivity contribution in [2.75, 3.05) is 12.4 Å². The molecule has 1 aromatic rings. The lowest BCUT2D eigenvalue weighted by molar-refractivity contribution is -0.139. The van der Waals surface area contributed by atoms with E-state index < -0.39 is 0 Å². The fraction of sp³-hybridized carbons (Fsp3) is 0.533. The first-order valence-electron chi connectivity index (χ1n) is 6.64. The normalized spacial score (nSPS) is 10.8. The fourth-order valence-electron chi connectivity index (χ4n) is 1.64. The van der Waals surface area contributed by atoms with Crippen LogP contribution >= 0.6 is 11.8 Å². The molecule has 1 aromatic carbocycles. The van der Waals surface area contributed by atoms with E-state index in [9.17, 15) is 4.79 Å². The van der Waals surface area contributed by atoms with E-state index in [1.165, 1.54) is 11.1 Å². The molecule has 0 atom stereocenters. The second-order valence-corrected chi connectivity index (χ2v) is 5.76. The molecule has 19 heavy (non-hydrogen) atoms. The second kappa shape index (κ2) is 8.23. The molecule has 0 fully saturated rings. The molecule has 1 N–H and O–H groups in total. The molecule has 0 aliphatic heterocycles. The van der Waals surface area contributed by atoms with E-state index in [-0.39, 0.29) is 5.97 Å². The van der Waals surface area contributed by atoms with Crippen LogP contribution in [0.15, 0.2) is 23.1 Å². The number of carbonyl (C=O) groups excluding carboxylic acids is 1. The number of ether oxygens (including phenoxy) is 1. The first kappa shape index (κ1) is 16.1. The van der Waals surface area contributed by atoms with Crippen molar-refractivity contribution in [3.63, 3.8) is 0 Å². The van der Waals surface area contributed by atoms with Crippen molar-refractivity contribution in [3.05, 3.63) is 29.3 Å². The monoisotopic (exact) mass is 281 g/mol. The minimum Gasteiger partial charge on any atom is -0.465 e. The van der Waals surface area contributed by atoms with E-state index in [0.717, 1.165) is 11.4 Å². The van der Waals surface area contributed by atoms with Gasteiger partial charge in [0.15, 0.2) is 0 Å². The predicted molar refractivity (Wildman–Crippen MR) is 80.5 cm³/mol. The molecule has 0 aliphatic rings. The van der Waals surface area contributed by atoms with E-state index >= 15 is 0 Å². The number of aryl methyl sites for hydroxylation is 1. The number of carbonyl (C=O) groups is 1. The zero-order chi connectivity index (χ0) is 14.3. The molecule has 0 unspecified atom stereocenters. The van der Waals surface area contributed by atoms with Gasteiger partial charge >= 0.3 is 5.97 Å². The summed E-state index contributed by atoms with van der Waals surface area (Å²) in [6.45, 7) is 9.42. The molecule has 0 heterocycles. The Morgan fingerprint density at radius 3 is 2.79 bits per heavy atom. The van der Waals surface area contributed by atoms with Gasteiger partial charge in [0.2, 0.25) is 0 Å². The summed E-state index contributed by atoms with van der Waals surface area (Å²) in [6.07, 6.45) is 0. The third kappa shape index (κ3) is 6.12. The van der Waals surface area contributed by atoms with Crippen LogP contribution in [0, 0.1) is 6.92 Å². The van der Waals surface area contributed by atoms with Gasteiger partial charge in [-0.25, -0.2) is 0 Å². The highest BCUT2D eigenvalue weighted by Crippen LogP contribution is 2.24. The molecule has 106 valence electrons. The van der Waals surface area contributed by atoms with Crippen LogP contribution in [0.3, 0.4) is 0 Å². The first-order chi connectivity index (χ1) is 9.02. The Balaban J connectivity index is 2.67. The van der Waals surface area contributed by atoms with Crippen molar-refractivity contribution in [2.45, 2.75) is 45.2 Å². The molecule has 4 heteroatoms. The molecule has 0 radical (unpaired) electrons. The lowest BCUT2D eigenvalue weighted by atomic mass is 10.1. The van der Waals surface area contributed by atoms with Gasteiger partial charge in [0, 0.05) is 17.5 Å². The highest BCUT2D eigenvalue weighted by Gasteiger charge is 2.08. The van der Waals surface area contributed by atoms with Crippen LogP contribution in [0.4, 0.5) is 0 Å². The molecule has 0 saturated carbocycles. The van der Waals surface area contributed by atoms with Gasteiger partial charge in [-0.1, -0.05) is 31.5 Å². The molecule has 0 aromatic heterocycles. The van der Waals surface area contributed by atoms with Gasteiger partial charge in [0.1, 0.15) is 0 Å². The summed E-state index contributed by atoms with van der Waals surface area (Å²) in [5, 5.41) is 3.41. The summed E-state index contributed by atoms with van der Waals surface area (Å²) in [6, 6.07) is 6.77. The summed E-state index contributed by atoms with van der Waals surface area (Å²) in [4.78, 5) is 12.5. The third-order valence-electron chi connectivity index (χ3n) is 2.57. The Hall–Kier alpha value is -1.00. The minimum absolute atomic E-state index is 0.157. The third-order valence-corrected chi connectivity index (χ3v) is 3.66. The number of nitrogens with one attached hydrogen (secondary N) is 1. The van der Waals surface area contributed by atoms with E-state index in [2.05, 4.69) is 44.3 Å². The van der Waals surface area contributed by atoms with E-state index in [0.29, 0.717) is 18.4 Å². The molecule has 0 bridgehead atoms. The smallest absolute Gasteiger partial charge is 0.316 e. The Bertz CT molecular complexity index is 419. The van der Waals surface area contributed by atoms with E-state index in [4.69, 9.17) is 4.74 Å². The van der Waals surface area contributed by atoms with Gasteiger partial charge in [-0.05, 0) is 25.5 Å². The van der Waals surface area contributed by atoms with Crippen molar-refractivity contribution in [1.82, 2.24) is 5.32 Å². The topological polar surface area (TPSA) is 38.3 Å². The van der Waals surface area contributed by atoms with Crippen molar-refractivity contribution in [3.8, 4) is 0 Å². The maximum atomic E-state index is 11.4. The van der Waals surface area contributed by atoms with Crippen molar-refractivity contribution < 1.29 is 9.53 Å². The summed E-state index contributed by atoms with van der Waals surface area (Å²) in [5.41, 5.74) is 2.48. The standard InChI is InChI=1S/C15H23NO2S/c1-5-18-15(17)10-19-14-7-6-12(4)8-13(14)9-16-11(2)3/h6-8,11,16H,5,9-10H2,1-4H3. The maximum Gasteiger partial charge on any atom is 0.316 e. The molecule has 0 amide bonds. The SMILES string of the molecule is CCOC(=O)CSc1ccc(C)cc1CNC(C)C. The number of esters is 1. The van der Waals surface area contributed by atoms with Crippen LogP contribution in [0.25, 0.3) is 0 Å². The van der Waals surface area contributed by atoms with Crippen LogP contribution in [-0.4, -0.2) is 24.4 Å². The Kier molecular flexibility index (Phi) is 6.95. The highest BCUT2D eigenvalue weighted by molar-refractivity contribution is 8.00. The summed E-state index contributed by atoms with van der Waals surface area (Å²) < 4.78 is 4.95. The van der Waals surface area contributed by atoms with Gasteiger partial charge < -0.3 is 10.1 Å². The molecular formula is C15H23NO2S. The van der Waals surface area contributed by atoms with Gasteiger partial charge in [-0.3, -0.25) is 4.79 Å². The quantitative estimate of drug-likeness (QED) is 0.615. The Labute approximate surface area is 120 Å². The number of thioether (sulfide) groups is 1. The number of hydrogen-bond donors (Lipinski definition) is 1. The van der Waals surface area contributed by atoms with Crippen LogP contribution in [-0.2, 0) is 16.1 Å². The molecule has 0 aliphatic carbocycles. The fourth-order valence-corrected chi connectivity index (χ4v) is 2.48. The van der Waals surface area contributed by atoms with Gasteiger partial charge in [-0.15, -0.1) is 11.8 Å². The largest absolute Gasteiger partial charge is 0.465 e.